The van der Waals surface area contributed by atoms with Gasteiger partial charge in [-0.2, -0.15) is 5.10 Å². The molecule has 8 nitrogen and oxygen atoms in total. The highest BCUT2D eigenvalue weighted by atomic mass is 16.6. The van der Waals surface area contributed by atoms with Crippen LogP contribution >= 0.6 is 0 Å². The minimum absolute atomic E-state index is 0.162. The summed E-state index contributed by atoms with van der Waals surface area (Å²) in [4.78, 5) is 24.5. The fourth-order valence-corrected chi connectivity index (χ4v) is 2.96. The third-order valence-electron chi connectivity index (χ3n) is 4.67. The van der Waals surface area contributed by atoms with Gasteiger partial charge in [0.25, 0.3) is 5.91 Å². The predicted octanol–water partition coefficient (Wildman–Crippen LogP) is 4.54. The SMILES string of the molecule is CCOc1ccc(C(=O)Oc2ccc(C=NNC(=O)COc3ccc(C)cc3)cc2OCC)cc1. The smallest absolute Gasteiger partial charge is 0.343 e. The first-order valence-corrected chi connectivity index (χ1v) is 11.2. The summed E-state index contributed by atoms with van der Waals surface area (Å²) >= 11 is 0. The van der Waals surface area contributed by atoms with Crippen LogP contribution in [0.1, 0.15) is 35.3 Å². The van der Waals surface area contributed by atoms with E-state index in [0.717, 1.165) is 5.56 Å². The fourth-order valence-electron chi connectivity index (χ4n) is 2.96. The molecule has 0 atom stereocenters. The maximum atomic E-state index is 12.5. The second-order valence-corrected chi connectivity index (χ2v) is 7.38. The van der Waals surface area contributed by atoms with E-state index in [1.165, 1.54) is 6.21 Å². The number of carbonyl (C=O) groups excluding carboxylic acids is 2. The van der Waals surface area contributed by atoms with E-state index < -0.39 is 11.9 Å². The summed E-state index contributed by atoms with van der Waals surface area (Å²) in [6.07, 6.45) is 1.46. The molecule has 3 rings (SSSR count). The number of aryl methyl sites for hydroxylation is 1. The topological polar surface area (TPSA) is 95.5 Å². The number of ether oxygens (including phenoxy) is 4. The zero-order valence-corrected chi connectivity index (χ0v) is 19.9. The third kappa shape index (κ3) is 7.89. The molecule has 0 heterocycles. The molecular weight excluding hydrogens is 448 g/mol. The molecule has 3 aromatic rings. The van der Waals surface area contributed by atoms with Gasteiger partial charge in [-0.3, -0.25) is 4.79 Å². The molecule has 0 fully saturated rings. The van der Waals surface area contributed by atoms with Crippen LogP contribution in [0.15, 0.2) is 71.8 Å². The van der Waals surface area contributed by atoms with Crippen molar-refractivity contribution in [2.45, 2.75) is 20.8 Å². The Bertz CT molecular complexity index is 1160. The summed E-state index contributed by atoms with van der Waals surface area (Å²) < 4.78 is 22.0. The van der Waals surface area contributed by atoms with Gasteiger partial charge in [-0.1, -0.05) is 17.7 Å². The van der Waals surface area contributed by atoms with Crippen molar-refractivity contribution in [3.8, 4) is 23.0 Å². The van der Waals surface area contributed by atoms with Gasteiger partial charge in [0.15, 0.2) is 18.1 Å². The first kappa shape index (κ1) is 25.3. The minimum atomic E-state index is -0.517. The number of hydrogen-bond donors (Lipinski definition) is 1. The van der Waals surface area contributed by atoms with Crippen molar-refractivity contribution in [3.63, 3.8) is 0 Å². The predicted molar refractivity (Wildman–Crippen MR) is 133 cm³/mol. The molecule has 0 spiro atoms. The lowest BCUT2D eigenvalue weighted by molar-refractivity contribution is -0.123. The Balaban J connectivity index is 1.58. The van der Waals surface area contributed by atoms with E-state index in [-0.39, 0.29) is 12.4 Å². The Labute approximate surface area is 204 Å². The van der Waals surface area contributed by atoms with E-state index in [9.17, 15) is 9.59 Å². The molecule has 0 saturated carbocycles. The Kier molecular flexibility index (Phi) is 9.24. The van der Waals surface area contributed by atoms with Gasteiger partial charge < -0.3 is 18.9 Å². The third-order valence-corrected chi connectivity index (χ3v) is 4.67. The number of esters is 1. The summed E-state index contributed by atoms with van der Waals surface area (Å²) in [5.74, 6) is 1.02. The summed E-state index contributed by atoms with van der Waals surface area (Å²) in [6, 6.07) is 19.1. The maximum Gasteiger partial charge on any atom is 0.343 e. The number of amides is 1. The Morgan fingerprint density at radius 3 is 2.17 bits per heavy atom. The van der Waals surface area contributed by atoms with Crippen molar-refractivity contribution in [2.24, 2.45) is 5.10 Å². The number of nitrogens with one attached hydrogen (secondary N) is 1. The summed E-state index contributed by atoms with van der Waals surface area (Å²) in [7, 11) is 0. The van der Waals surface area contributed by atoms with Crippen LogP contribution in [0.4, 0.5) is 0 Å². The van der Waals surface area contributed by atoms with E-state index in [1.807, 2.05) is 32.9 Å². The largest absolute Gasteiger partial charge is 0.494 e. The number of nitrogens with zero attached hydrogens (tertiary/aromatic N) is 1. The molecule has 1 amide bonds. The molecule has 0 aliphatic carbocycles. The molecule has 1 N–H and O–H groups in total. The second-order valence-electron chi connectivity index (χ2n) is 7.38. The first-order valence-electron chi connectivity index (χ1n) is 11.2. The van der Waals surface area contributed by atoms with E-state index >= 15 is 0 Å². The standard InChI is InChI=1S/C27H28N2O6/c1-4-32-22-13-9-21(10-14-22)27(31)35-24-15-8-20(16-25(24)33-5-2)17-28-29-26(30)18-34-23-11-6-19(3)7-12-23/h6-17H,4-5,18H2,1-3H3,(H,29,30). The normalized spacial score (nSPS) is 10.6. The van der Waals surface area contributed by atoms with Crippen LogP contribution in [0.25, 0.3) is 0 Å². The zero-order chi connectivity index (χ0) is 25.0. The molecule has 8 heteroatoms. The van der Waals surface area contributed by atoms with Gasteiger partial charge in [-0.15, -0.1) is 0 Å². The molecule has 3 aromatic carbocycles. The zero-order valence-electron chi connectivity index (χ0n) is 19.9. The van der Waals surface area contributed by atoms with Crippen LogP contribution in [0.2, 0.25) is 0 Å². The van der Waals surface area contributed by atoms with Crippen LogP contribution in [0.5, 0.6) is 23.0 Å². The van der Waals surface area contributed by atoms with Crippen molar-refractivity contribution in [2.75, 3.05) is 19.8 Å². The maximum absolute atomic E-state index is 12.5. The number of rotatable bonds is 11. The van der Waals surface area contributed by atoms with E-state index in [0.29, 0.717) is 41.6 Å². The van der Waals surface area contributed by atoms with Crippen molar-refractivity contribution in [1.82, 2.24) is 5.43 Å². The van der Waals surface area contributed by atoms with Gasteiger partial charge in [-0.05, 0) is 80.9 Å². The first-order chi connectivity index (χ1) is 17.0. The average Bonchev–Trinajstić information content (AvgIpc) is 2.86. The lowest BCUT2D eigenvalue weighted by Gasteiger charge is -2.11. The van der Waals surface area contributed by atoms with Gasteiger partial charge in [0.05, 0.1) is 25.0 Å². The second kappa shape index (κ2) is 12.8. The van der Waals surface area contributed by atoms with Gasteiger partial charge in [-0.25, -0.2) is 10.2 Å². The Hall–Kier alpha value is -4.33. The highest BCUT2D eigenvalue weighted by molar-refractivity contribution is 5.92. The fraction of sp³-hybridized carbons (Fsp3) is 0.222. The van der Waals surface area contributed by atoms with Crippen LogP contribution < -0.4 is 24.4 Å². The monoisotopic (exact) mass is 476 g/mol. The number of hydrazone groups is 1. The molecule has 0 unspecified atom stereocenters. The highest BCUT2D eigenvalue weighted by Crippen LogP contribution is 2.29. The van der Waals surface area contributed by atoms with Crippen molar-refractivity contribution in [1.29, 1.82) is 0 Å². The van der Waals surface area contributed by atoms with Crippen LogP contribution in [-0.4, -0.2) is 37.9 Å². The van der Waals surface area contributed by atoms with E-state index in [4.69, 9.17) is 18.9 Å². The van der Waals surface area contributed by atoms with Crippen molar-refractivity contribution >= 4 is 18.1 Å². The Morgan fingerprint density at radius 1 is 0.829 bits per heavy atom. The minimum Gasteiger partial charge on any atom is -0.494 e. The van der Waals surface area contributed by atoms with Crippen LogP contribution in [0.3, 0.4) is 0 Å². The Morgan fingerprint density at radius 2 is 1.49 bits per heavy atom. The molecular formula is C27H28N2O6. The summed E-state index contributed by atoms with van der Waals surface area (Å²) in [5, 5.41) is 3.95. The lowest BCUT2D eigenvalue weighted by Crippen LogP contribution is -2.24. The van der Waals surface area contributed by atoms with Crippen LogP contribution in [0, 0.1) is 6.92 Å². The summed E-state index contributed by atoms with van der Waals surface area (Å²) in [6.45, 7) is 6.45. The number of hydrogen-bond acceptors (Lipinski definition) is 7. The highest BCUT2D eigenvalue weighted by Gasteiger charge is 2.13. The van der Waals surface area contributed by atoms with Crippen LogP contribution in [-0.2, 0) is 4.79 Å². The average molecular weight is 477 g/mol. The van der Waals surface area contributed by atoms with Crippen molar-refractivity contribution < 1.29 is 28.5 Å². The molecule has 182 valence electrons. The van der Waals surface area contributed by atoms with E-state index in [2.05, 4.69) is 10.5 Å². The molecule has 0 aromatic heterocycles. The molecule has 0 aliphatic rings. The van der Waals surface area contributed by atoms with Gasteiger partial charge >= 0.3 is 5.97 Å². The number of benzene rings is 3. The van der Waals surface area contributed by atoms with Gasteiger partial charge in [0.2, 0.25) is 0 Å². The molecule has 0 saturated heterocycles. The van der Waals surface area contributed by atoms with Crippen molar-refractivity contribution in [3.05, 3.63) is 83.4 Å². The van der Waals surface area contributed by atoms with Gasteiger partial charge in [0.1, 0.15) is 11.5 Å². The summed E-state index contributed by atoms with van der Waals surface area (Å²) in [5.41, 5.74) is 4.55. The molecule has 0 aliphatic heterocycles. The van der Waals surface area contributed by atoms with Gasteiger partial charge in [0, 0.05) is 0 Å². The molecule has 0 radical (unpaired) electrons. The number of carbonyl (C=O) groups is 2. The molecule has 35 heavy (non-hydrogen) atoms. The molecule has 0 bridgehead atoms. The quantitative estimate of drug-likeness (QED) is 0.189. The lowest BCUT2D eigenvalue weighted by atomic mass is 10.2. The van der Waals surface area contributed by atoms with E-state index in [1.54, 1.807) is 54.6 Å².